The van der Waals surface area contributed by atoms with Crippen LogP contribution in [0.3, 0.4) is 0 Å². The average molecular weight is 759 g/mol. The summed E-state index contributed by atoms with van der Waals surface area (Å²) in [5.41, 5.74) is 11.3. The molecule has 0 radical (unpaired) electrons. The van der Waals surface area contributed by atoms with Crippen LogP contribution in [0.5, 0.6) is 0 Å². The molecule has 0 bridgehead atoms. The fraction of sp³-hybridized carbons (Fsp3) is 0.0545. The molecule has 2 aromatic heterocycles. The lowest BCUT2D eigenvalue weighted by atomic mass is 9.88. The van der Waals surface area contributed by atoms with E-state index in [9.17, 15) is 0 Å². The Morgan fingerprint density at radius 1 is 0.339 bits per heavy atom. The third kappa shape index (κ3) is 5.23. The van der Waals surface area contributed by atoms with Crippen LogP contribution in [0.4, 0.5) is 34.1 Å². The smallest absolute Gasteiger partial charge is 0.135 e. The lowest BCUT2D eigenvalue weighted by Crippen LogP contribution is -2.14. The number of hydrogen-bond donors (Lipinski definition) is 0. The van der Waals surface area contributed by atoms with Crippen molar-refractivity contribution in [2.24, 2.45) is 0 Å². The van der Waals surface area contributed by atoms with E-state index in [2.05, 4.69) is 187 Å². The molecule has 0 saturated carbocycles. The fourth-order valence-electron chi connectivity index (χ4n) is 9.32. The third-order valence-corrected chi connectivity index (χ3v) is 12.1. The lowest BCUT2D eigenvalue weighted by molar-refractivity contribution is 0.668. The zero-order valence-electron chi connectivity index (χ0n) is 32.7. The minimum Gasteiger partial charge on any atom is -0.456 e. The molecule has 0 unspecified atom stereocenters. The van der Waals surface area contributed by atoms with Gasteiger partial charge in [0.1, 0.15) is 22.3 Å². The Morgan fingerprint density at radius 3 is 1.25 bits per heavy atom. The molecule has 0 aliphatic carbocycles. The SMILES string of the molecule is CC(C)c1cc2ccc3c(N(c4ccccc4)c4ccc5oc6ccccc6c5c4)cc(N(c4ccccc4)c4ccc5oc6ccccc6c5c4)c4ccc(c1)c2c34. The van der Waals surface area contributed by atoms with E-state index in [1.807, 2.05) is 24.3 Å². The van der Waals surface area contributed by atoms with Crippen molar-refractivity contribution < 1.29 is 8.83 Å². The van der Waals surface area contributed by atoms with Gasteiger partial charge in [0.05, 0.1) is 11.4 Å². The van der Waals surface area contributed by atoms with Gasteiger partial charge in [-0.2, -0.15) is 0 Å². The van der Waals surface area contributed by atoms with Crippen LogP contribution >= 0.6 is 0 Å². The Balaban J connectivity index is 1.21. The van der Waals surface area contributed by atoms with Crippen LogP contribution in [0.15, 0.2) is 197 Å². The predicted octanol–water partition coefficient (Wildman–Crippen LogP) is 16.4. The Hall–Kier alpha value is -7.56. The van der Waals surface area contributed by atoms with Crippen LogP contribution in [-0.2, 0) is 0 Å². The van der Waals surface area contributed by atoms with E-state index in [-0.39, 0.29) is 0 Å². The van der Waals surface area contributed by atoms with E-state index in [0.717, 1.165) is 78.0 Å². The summed E-state index contributed by atoms with van der Waals surface area (Å²) in [7, 11) is 0. The van der Waals surface area contributed by atoms with E-state index < -0.39 is 0 Å². The predicted molar refractivity (Wildman–Crippen MR) is 248 cm³/mol. The molecule has 0 spiro atoms. The van der Waals surface area contributed by atoms with Gasteiger partial charge in [-0.15, -0.1) is 0 Å². The third-order valence-electron chi connectivity index (χ3n) is 12.1. The second-order valence-corrected chi connectivity index (χ2v) is 15.9. The van der Waals surface area contributed by atoms with Gasteiger partial charge in [0, 0.05) is 60.5 Å². The standard InChI is InChI=1S/C55H38N2O2/c1-34(2)37-29-35-21-25-44-48(56(38-13-5-3-6-14-38)40-23-27-52-46(31-40)42-17-9-11-19-50(42)58-52)33-49(45-26-22-36(30-37)54(35)55(44)45)57(39-15-7-4-8-16-39)41-24-28-53-47(32-41)43-18-10-12-20-51(43)59-53/h3-34H,1-2H3. The molecule has 12 rings (SSSR count). The molecule has 10 aromatic carbocycles. The zero-order chi connectivity index (χ0) is 39.2. The summed E-state index contributed by atoms with van der Waals surface area (Å²) in [5, 5.41) is 11.8. The zero-order valence-corrected chi connectivity index (χ0v) is 32.7. The van der Waals surface area contributed by atoms with E-state index in [1.54, 1.807) is 0 Å². The highest BCUT2D eigenvalue weighted by Gasteiger charge is 2.26. The molecule has 0 N–H and O–H groups in total. The average Bonchev–Trinajstić information content (AvgIpc) is 3.85. The Labute approximate surface area is 341 Å². The van der Waals surface area contributed by atoms with Crippen LogP contribution in [-0.4, -0.2) is 0 Å². The van der Waals surface area contributed by atoms with Crippen molar-refractivity contribution in [2.75, 3.05) is 9.80 Å². The minimum atomic E-state index is 0.410. The summed E-state index contributed by atoms with van der Waals surface area (Å²) in [6.45, 7) is 4.55. The maximum Gasteiger partial charge on any atom is 0.135 e. The molecule has 0 amide bonds. The first-order valence-corrected chi connectivity index (χ1v) is 20.4. The molecule has 280 valence electrons. The number of fused-ring (bicyclic) bond motifs is 6. The van der Waals surface area contributed by atoms with Gasteiger partial charge in [-0.3, -0.25) is 0 Å². The maximum absolute atomic E-state index is 6.34. The number of para-hydroxylation sites is 4. The summed E-state index contributed by atoms with van der Waals surface area (Å²) >= 11 is 0. The highest BCUT2D eigenvalue weighted by atomic mass is 16.3. The van der Waals surface area contributed by atoms with Crippen molar-refractivity contribution >= 4 is 110 Å². The van der Waals surface area contributed by atoms with Gasteiger partial charge in [0.2, 0.25) is 0 Å². The van der Waals surface area contributed by atoms with Crippen molar-refractivity contribution in [3.63, 3.8) is 0 Å². The number of furan rings is 2. The van der Waals surface area contributed by atoms with Crippen LogP contribution in [0.1, 0.15) is 25.3 Å². The minimum absolute atomic E-state index is 0.410. The molecule has 59 heavy (non-hydrogen) atoms. The van der Waals surface area contributed by atoms with Gasteiger partial charge < -0.3 is 18.6 Å². The van der Waals surface area contributed by atoms with E-state index in [0.29, 0.717) is 5.92 Å². The number of anilines is 6. The van der Waals surface area contributed by atoms with Crippen LogP contribution in [0.25, 0.3) is 76.2 Å². The molecule has 2 heterocycles. The van der Waals surface area contributed by atoms with Crippen molar-refractivity contribution in [2.45, 2.75) is 19.8 Å². The summed E-state index contributed by atoms with van der Waals surface area (Å²) in [5.74, 6) is 0.410. The van der Waals surface area contributed by atoms with Crippen molar-refractivity contribution in [1.29, 1.82) is 0 Å². The van der Waals surface area contributed by atoms with Crippen LogP contribution < -0.4 is 9.80 Å². The van der Waals surface area contributed by atoms with Gasteiger partial charge in [-0.05, 0) is 107 Å². The highest BCUT2D eigenvalue weighted by molar-refractivity contribution is 6.29. The highest BCUT2D eigenvalue weighted by Crippen LogP contribution is 2.51. The molecular weight excluding hydrogens is 721 g/mol. The maximum atomic E-state index is 6.34. The van der Waals surface area contributed by atoms with Crippen LogP contribution in [0.2, 0.25) is 0 Å². The Bertz CT molecular complexity index is 3320. The summed E-state index contributed by atoms with van der Waals surface area (Å²) in [6, 6.07) is 67.8. The topological polar surface area (TPSA) is 32.8 Å². The monoisotopic (exact) mass is 758 g/mol. The van der Waals surface area contributed by atoms with Crippen molar-refractivity contribution in [3.05, 3.63) is 194 Å². The van der Waals surface area contributed by atoms with Gasteiger partial charge in [-0.1, -0.05) is 123 Å². The number of nitrogens with zero attached hydrogens (tertiary/aromatic N) is 2. The van der Waals surface area contributed by atoms with Gasteiger partial charge in [0.15, 0.2) is 0 Å². The summed E-state index contributed by atoms with van der Waals surface area (Å²) in [4.78, 5) is 4.85. The molecule has 4 nitrogen and oxygen atoms in total. The normalized spacial score (nSPS) is 12.1. The van der Waals surface area contributed by atoms with Crippen molar-refractivity contribution in [3.8, 4) is 0 Å². The van der Waals surface area contributed by atoms with Crippen LogP contribution in [0, 0.1) is 0 Å². The fourth-order valence-corrected chi connectivity index (χ4v) is 9.32. The quantitative estimate of drug-likeness (QED) is 0.152. The van der Waals surface area contributed by atoms with E-state index in [4.69, 9.17) is 8.83 Å². The Morgan fingerprint density at radius 2 is 0.780 bits per heavy atom. The molecule has 0 aliphatic heterocycles. The molecule has 0 atom stereocenters. The van der Waals surface area contributed by atoms with Gasteiger partial charge in [-0.25, -0.2) is 0 Å². The Kier molecular flexibility index (Phi) is 7.39. The molecule has 12 aromatic rings. The summed E-state index contributed by atoms with van der Waals surface area (Å²) in [6.07, 6.45) is 0. The largest absolute Gasteiger partial charge is 0.456 e. The molecule has 4 heteroatoms. The number of hydrogen-bond acceptors (Lipinski definition) is 4. The van der Waals surface area contributed by atoms with Gasteiger partial charge in [0.25, 0.3) is 0 Å². The first-order valence-electron chi connectivity index (χ1n) is 20.4. The van der Waals surface area contributed by atoms with E-state index >= 15 is 0 Å². The molecular formula is C55H38N2O2. The van der Waals surface area contributed by atoms with Gasteiger partial charge >= 0.3 is 0 Å². The lowest BCUT2D eigenvalue weighted by Gasteiger charge is -2.32. The molecule has 0 saturated heterocycles. The second kappa shape index (κ2) is 13.0. The summed E-state index contributed by atoms with van der Waals surface area (Å²) < 4.78 is 12.7. The molecule has 0 fully saturated rings. The first kappa shape index (κ1) is 33.6. The molecule has 0 aliphatic rings. The second-order valence-electron chi connectivity index (χ2n) is 15.9. The number of benzene rings is 10. The first-order chi connectivity index (χ1) is 29.1. The van der Waals surface area contributed by atoms with Crippen molar-refractivity contribution in [1.82, 2.24) is 0 Å². The van der Waals surface area contributed by atoms with E-state index in [1.165, 1.54) is 37.9 Å². The number of rotatable bonds is 7.